The number of fused-ring (bicyclic) bond motifs is 1. The molecule has 2 rings (SSSR count). The third-order valence-electron chi connectivity index (χ3n) is 2.89. The highest BCUT2D eigenvalue weighted by molar-refractivity contribution is 5.83. The number of aromatic nitrogens is 1. The Morgan fingerprint density at radius 2 is 2.06 bits per heavy atom. The number of hydrogen-bond acceptors (Lipinski definition) is 4. The molecule has 0 bridgehead atoms. The monoisotopic (exact) mass is 245 g/mol. The average molecular weight is 245 g/mol. The van der Waals surface area contributed by atoms with E-state index in [1.54, 1.807) is 0 Å². The van der Waals surface area contributed by atoms with Gasteiger partial charge in [-0.2, -0.15) is 0 Å². The maximum atomic E-state index is 9.09. The van der Waals surface area contributed by atoms with E-state index in [9.17, 15) is 0 Å². The minimum absolute atomic E-state index is 0.140. The van der Waals surface area contributed by atoms with Gasteiger partial charge in [-0.05, 0) is 36.8 Å². The van der Waals surface area contributed by atoms with E-state index in [4.69, 9.17) is 10.8 Å². The molecule has 0 aliphatic rings. The normalized spacial score (nSPS) is 10.8. The molecule has 96 valence electrons. The van der Waals surface area contributed by atoms with Gasteiger partial charge in [0.15, 0.2) is 0 Å². The third-order valence-corrected chi connectivity index (χ3v) is 2.89. The van der Waals surface area contributed by atoms with E-state index < -0.39 is 0 Å². The van der Waals surface area contributed by atoms with Crippen LogP contribution in [0.3, 0.4) is 0 Å². The molecule has 0 saturated heterocycles. The minimum atomic E-state index is 0.140. The summed E-state index contributed by atoms with van der Waals surface area (Å²) in [6.45, 7) is 3.77. The number of nitrogens with zero attached hydrogens (tertiary/aromatic N) is 2. The summed E-state index contributed by atoms with van der Waals surface area (Å²) >= 11 is 0. The fraction of sp³-hybridized carbons (Fsp3) is 0.357. The molecule has 2 aromatic rings. The van der Waals surface area contributed by atoms with Gasteiger partial charge in [-0.3, -0.25) is 0 Å². The van der Waals surface area contributed by atoms with E-state index in [0.717, 1.165) is 35.4 Å². The Hall–Kier alpha value is -1.81. The predicted molar refractivity (Wildman–Crippen MR) is 75.7 cm³/mol. The lowest BCUT2D eigenvalue weighted by atomic mass is 10.2. The number of aliphatic hydroxyl groups excluding tert-OH is 1. The Morgan fingerprint density at radius 1 is 1.22 bits per heavy atom. The molecule has 3 N–H and O–H groups in total. The van der Waals surface area contributed by atoms with Gasteiger partial charge < -0.3 is 15.7 Å². The Kier molecular flexibility index (Phi) is 3.99. The number of aliphatic hydroxyl groups is 1. The number of nitrogens with two attached hydrogens (primary N) is 1. The Bertz CT molecular complexity index is 521. The molecule has 4 nitrogen and oxygen atoms in total. The van der Waals surface area contributed by atoms with E-state index in [-0.39, 0.29) is 6.61 Å². The van der Waals surface area contributed by atoms with Gasteiger partial charge in [-0.25, -0.2) is 4.98 Å². The van der Waals surface area contributed by atoms with E-state index in [2.05, 4.69) is 16.8 Å². The highest BCUT2D eigenvalue weighted by atomic mass is 16.3. The van der Waals surface area contributed by atoms with Gasteiger partial charge in [0, 0.05) is 24.2 Å². The molecule has 0 fully saturated rings. The van der Waals surface area contributed by atoms with Crippen molar-refractivity contribution in [2.75, 3.05) is 30.3 Å². The molecule has 0 saturated carbocycles. The van der Waals surface area contributed by atoms with Gasteiger partial charge in [-0.15, -0.1) is 0 Å². The first-order valence-corrected chi connectivity index (χ1v) is 6.26. The van der Waals surface area contributed by atoms with Crippen molar-refractivity contribution in [3.8, 4) is 0 Å². The van der Waals surface area contributed by atoms with Gasteiger partial charge in [0.1, 0.15) is 5.82 Å². The van der Waals surface area contributed by atoms with Crippen molar-refractivity contribution in [1.29, 1.82) is 0 Å². The Labute approximate surface area is 107 Å². The molecule has 0 radical (unpaired) electrons. The maximum Gasteiger partial charge on any atom is 0.129 e. The number of hydrogen-bond donors (Lipinski definition) is 2. The number of benzene rings is 1. The SMILES string of the molecule is CCCN(CCO)c1ccc2cc(N)ccc2n1. The number of rotatable bonds is 5. The average Bonchev–Trinajstić information content (AvgIpc) is 2.38. The molecular weight excluding hydrogens is 226 g/mol. The van der Waals surface area contributed by atoms with Crippen molar-refractivity contribution in [3.05, 3.63) is 30.3 Å². The largest absolute Gasteiger partial charge is 0.399 e. The van der Waals surface area contributed by atoms with Crippen molar-refractivity contribution in [3.63, 3.8) is 0 Å². The van der Waals surface area contributed by atoms with E-state index in [1.165, 1.54) is 0 Å². The summed E-state index contributed by atoms with van der Waals surface area (Å²) in [5.74, 6) is 0.906. The number of pyridine rings is 1. The van der Waals surface area contributed by atoms with E-state index in [1.807, 2.05) is 30.3 Å². The molecule has 1 aromatic carbocycles. The predicted octanol–water partition coefficient (Wildman–Crippen LogP) is 2.03. The molecule has 0 atom stereocenters. The van der Waals surface area contributed by atoms with E-state index >= 15 is 0 Å². The lowest BCUT2D eigenvalue weighted by Crippen LogP contribution is -2.28. The molecule has 0 aliphatic heterocycles. The topological polar surface area (TPSA) is 62.4 Å². The van der Waals surface area contributed by atoms with Crippen molar-refractivity contribution in [2.45, 2.75) is 13.3 Å². The van der Waals surface area contributed by atoms with Crippen LogP contribution in [0, 0.1) is 0 Å². The molecule has 0 unspecified atom stereocenters. The first kappa shape index (κ1) is 12.6. The van der Waals surface area contributed by atoms with Crippen molar-refractivity contribution >= 4 is 22.4 Å². The van der Waals surface area contributed by atoms with Crippen molar-refractivity contribution < 1.29 is 5.11 Å². The van der Waals surface area contributed by atoms with Crippen LogP contribution in [0.2, 0.25) is 0 Å². The maximum absolute atomic E-state index is 9.09. The van der Waals surface area contributed by atoms with Crippen LogP contribution in [-0.2, 0) is 0 Å². The first-order chi connectivity index (χ1) is 8.74. The van der Waals surface area contributed by atoms with E-state index in [0.29, 0.717) is 6.54 Å². The second-order valence-electron chi connectivity index (χ2n) is 4.33. The summed E-state index contributed by atoms with van der Waals surface area (Å²) in [7, 11) is 0. The highest BCUT2D eigenvalue weighted by Crippen LogP contribution is 2.20. The summed E-state index contributed by atoms with van der Waals surface area (Å²) in [6.07, 6.45) is 1.03. The van der Waals surface area contributed by atoms with Crippen LogP contribution in [0.15, 0.2) is 30.3 Å². The fourth-order valence-corrected chi connectivity index (χ4v) is 2.04. The third kappa shape index (κ3) is 2.71. The molecule has 1 heterocycles. The lowest BCUT2D eigenvalue weighted by molar-refractivity contribution is 0.301. The zero-order chi connectivity index (χ0) is 13.0. The molecule has 0 spiro atoms. The summed E-state index contributed by atoms with van der Waals surface area (Å²) in [6, 6.07) is 9.70. The fourth-order valence-electron chi connectivity index (χ4n) is 2.04. The van der Waals surface area contributed by atoms with Gasteiger partial charge in [0.25, 0.3) is 0 Å². The Balaban J connectivity index is 2.35. The van der Waals surface area contributed by atoms with Crippen LogP contribution in [0.1, 0.15) is 13.3 Å². The zero-order valence-corrected chi connectivity index (χ0v) is 10.6. The van der Waals surface area contributed by atoms with Crippen LogP contribution in [0.4, 0.5) is 11.5 Å². The number of anilines is 2. The van der Waals surface area contributed by atoms with Crippen LogP contribution >= 0.6 is 0 Å². The van der Waals surface area contributed by atoms with Crippen molar-refractivity contribution in [1.82, 2.24) is 4.98 Å². The zero-order valence-electron chi connectivity index (χ0n) is 10.6. The summed E-state index contributed by atoms with van der Waals surface area (Å²) < 4.78 is 0. The van der Waals surface area contributed by atoms with Crippen LogP contribution in [0.5, 0.6) is 0 Å². The molecule has 0 amide bonds. The second kappa shape index (κ2) is 5.69. The van der Waals surface area contributed by atoms with Crippen LogP contribution in [-0.4, -0.2) is 29.8 Å². The molecule has 0 aliphatic carbocycles. The van der Waals surface area contributed by atoms with Crippen molar-refractivity contribution in [2.24, 2.45) is 0 Å². The summed E-state index contributed by atoms with van der Waals surface area (Å²) in [5.41, 5.74) is 7.43. The Morgan fingerprint density at radius 3 is 2.78 bits per heavy atom. The molecule has 1 aromatic heterocycles. The molecule has 18 heavy (non-hydrogen) atoms. The summed E-state index contributed by atoms with van der Waals surface area (Å²) in [5, 5.41) is 10.1. The van der Waals surface area contributed by atoms with Crippen LogP contribution < -0.4 is 10.6 Å². The van der Waals surface area contributed by atoms with Gasteiger partial charge in [-0.1, -0.05) is 6.92 Å². The quantitative estimate of drug-likeness (QED) is 0.791. The minimum Gasteiger partial charge on any atom is -0.399 e. The first-order valence-electron chi connectivity index (χ1n) is 6.26. The molecule has 4 heteroatoms. The smallest absolute Gasteiger partial charge is 0.129 e. The van der Waals surface area contributed by atoms with Gasteiger partial charge >= 0.3 is 0 Å². The standard InChI is InChI=1S/C14H19N3O/c1-2-7-17(8-9-18)14-6-3-11-10-12(15)4-5-13(11)16-14/h3-6,10,18H,2,7-9,15H2,1H3. The molecular formula is C14H19N3O. The summed E-state index contributed by atoms with van der Waals surface area (Å²) in [4.78, 5) is 6.71. The van der Waals surface area contributed by atoms with Gasteiger partial charge in [0.2, 0.25) is 0 Å². The highest BCUT2D eigenvalue weighted by Gasteiger charge is 2.07. The van der Waals surface area contributed by atoms with Crippen LogP contribution in [0.25, 0.3) is 10.9 Å². The van der Waals surface area contributed by atoms with Gasteiger partial charge in [0.05, 0.1) is 12.1 Å². The number of nitrogen functional groups attached to an aromatic ring is 1. The second-order valence-corrected chi connectivity index (χ2v) is 4.33. The lowest BCUT2D eigenvalue weighted by Gasteiger charge is -2.22.